The van der Waals surface area contributed by atoms with Gasteiger partial charge in [-0.15, -0.1) is 0 Å². The Balaban J connectivity index is 2.91. The topological polar surface area (TPSA) is 66.4 Å². The summed E-state index contributed by atoms with van der Waals surface area (Å²) in [6.45, 7) is 2.69. The van der Waals surface area contributed by atoms with E-state index in [9.17, 15) is 14.0 Å². The normalized spacial score (nSPS) is 11.7. The zero-order valence-corrected chi connectivity index (χ0v) is 9.45. The van der Waals surface area contributed by atoms with Gasteiger partial charge in [0.2, 0.25) is 0 Å². The van der Waals surface area contributed by atoms with E-state index in [1.165, 1.54) is 32.0 Å². The maximum atomic E-state index is 13.2. The molecule has 0 heterocycles. The molecule has 0 bridgehead atoms. The Hall–Kier alpha value is -2.17. The zero-order valence-electron chi connectivity index (χ0n) is 9.45. The number of anilines is 1. The van der Waals surface area contributed by atoms with Crippen LogP contribution < -0.4 is 5.32 Å². The fraction of sp³-hybridized carbons (Fsp3) is 0.167. The van der Waals surface area contributed by atoms with Gasteiger partial charge < -0.3 is 10.4 Å². The molecule has 4 nitrogen and oxygen atoms in total. The highest BCUT2D eigenvalue weighted by Crippen LogP contribution is 2.14. The van der Waals surface area contributed by atoms with Crippen LogP contribution in [0.2, 0.25) is 0 Å². The van der Waals surface area contributed by atoms with Gasteiger partial charge in [0.15, 0.2) is 0 Å². The van der Waals surface area contributed by atoms with E-state index in [2.05, 4.69) is 5.32 Å². The molecule has 1 aromatic carbocycles. The number of carbonyl (C=O) groups is 2. The summed E-state index contributed by atoms with van der Waals surface area (Å²) in [5, 5.41) is 11.0. The molecule has 1 aromatic rings. The third-order valence-electron chi connectivity index (χ3n) is 2.35. The molecule has 0 unspecified atom stereocenters. The van der Waals surface area contributed by atoms with Crippen molar-refractivity contribution in [3.63, 3.8) is 0 Å². The minimum atomic E-state index is -1.17. The standard InChI is InChI=1S/C12H12FNO3/c1-7(8(2)12(16)17)11(15)14-10-6-4-3-5-9(10)13/h3-6H,1-2H3,(H,14,15)(H,16,17). The van der Waals surface area contributed by atoms with Gasteiger partial charge in [0, 0.05) is 11.1 Å². The summed E-state index contributed by atoms with van der Waals surface area (Å²) in [7, 11) is 0. The van der Waals surface area contributed by atoms with Gasteiger partial charge in [-0.05, 0) is 26.0 Å². The molecule has 0 aliphatic heterocycles. The maximum absolute atomic E-state index is 13.2. The van der Waals surface area contributed by atoms with Crippen molar-refractivity contribution < 1.29 is 19.1 Å². The van der Waals surface area contributed by atoms with Crippen molar-refractivity contribution in [3.05, 3.63) is 41.2 Å². The highest BCUT2D eigenvalue weighted by molar-refractivity contribution is 6.08. The van der Waals surface area contributed by atoms with E-state index >= 15 is 0 Å². The molecule has 0 saturated carbocycles. The van der Waals surface area contributed by atoms with Gasteiger partial charge in [0.1, 0.15) is 5.82 Å². The third kappa shape index (κ3) is 3.14. The number of para-hydroxylation sites is 1. The second kappa shape index (κ2) is 5.25. The predicted octanol–water partition coefficient (Wildman–Crippen LogP) is 2.19. The molecule has 0 spiro atoms. The van der Waals surface area contributed by atoms with Gasteiger partial charge in [0.25, 0.3) is 5.91 Å². The number of benzene rings is 1. The summed E-state index contributed by atoms with van der Waals surface area (Å²) in [6, 6.07) is 5.67. The molecule has 0 aliphatic rings. The van der Waals surface area contributed by atoms with Gasteiger partial charge in [0.05, 0.1) is 5.69 Å². The van der Waals surface area contributed by atoms with Gasteiger partial charge in [-0.2, -0.15) is 0 Å². The Morgan fingerprint density at radius 2 is 1.76 bits per heavy atom. The number of rotatable bonds is 3. The third-order valence-corrected chi connectivity index (χ3v) is 2.35. The first-order valence-corrected chi connectivity index (χ1v) is 4.90. The number of carbonyl (C=O) groups excluding carboxylic acids is 1. The Morgan fingerprint density at radius 3 is 2.29 bits per heavy atom. The van der Waals surface area contributed by atoms with Crippen molar-refractivity contribution in [2.45, 2.75) is 13.8 Å². The number of hydrogen-bond donors (Lipinski definition) is 2. The van der Waals surface area contributed by atoms with Crippen LogP contribution >= 0.6 is 0 Å². The fourth-order valence-corrected chi connectivity index (χ4v) is 1.11. The summed E-state index contributed by atoms with van der Waals surface area (Å²) >= 11 is 0. The van der Waals surface area contributed by atoms with E-state index in [1.807, 2.05) is 0 Å². The minimum Gasteiger partial charge on any atom is -0.478 e. The van der Waals surface area contributed by atoms with Crippen LogP contribution in [-0.2, 0) is 9.59 Å². The van der Waals surface area contributed by atoms with Crippen LogP contribution in [0.3, 0.4) is 0 Å². The predicted molar refractivity (Wildman–Crippen MR) is 61.0 cm³/mol. The molecule has 1 rings (SSSR count). The van der Waals surface area contributed by atoms with Crippen LogP contribution in [0.25, 0.3) is 0 Å². The lowest BCUT2D eigenvalue weighted by molar-refractivity contribution is -0.133. The summed E-state index contributed by atoms with van der Waals surface area (Å²) in [5.41, 5.74) is -0.00497. The molecular weight excluding hydrogens is 225 g/mol. The van der Waals surface area contributed by atoms with Crippen molar-refractivity contribution in [2.24, 2.45) is 0 Å². The van der Waals surface area contributed by atoms with E-state index in [0.29, 0.717) is 0 Å². The Bertz CT molecular complexity index is 494. The van der Waals surface area contributed by atoms with Crippen molar-refractivity contribution in [1.82, 2.24) is 0 Å². The molecule has 0 atom stereocenters. The van der Waals surface area contributed by atoms with E-state index in [1.54, 1.807) is 6.07 Å². The molecule has 5 heteroatoms. The van der Waals surface area contributed by atoms with E-state index < -0.39 is 17.7 Å². The monoisotopic (exact) mass is 237 g/mol. The first-order chi connectivity index (χ1) is 7.93. The molecule has 0 aromatic heterocycles. The Morgan fingerprint density at radius 1 is 1.18 bits per heavy atom. The smallest absolute Gasteiger partial charge is 0.331 e. The number of carboxylic acids is 1. The average molecular weight is 237 g/mol. The molecule has 0 fully saturated rings. The van der Waals surface area contributed by atoms with Crippen LogP contribution in [0.4, 0.5) is 10.1 Å². The van der Waals surface area contributed by atoms with Crippen molar-refractivity contribution in [3.8, 4) is 0 Å². The van der Waals surface area contributed by atoms with Gasteiger partial charge in [-0.25, -0.2) is 9.18 Å². The molecule has 1 amide bonds. The SMILES string of the molecule is CC(C(=O)O)=C(C)C(=O)Nc1ccccc1F. The largest absolute Gasteiger partial charge is 0.478 e. The number of aliphatic carboxylic acids is 1. The van der Waals surface area contributed by atoms with Gasteiger partial charge in [-0.1, -0.05) is 12.1 Å². The van der Waals surface area contributed by atoms with Crippen LogP contribution in [0.1, 0.15) is 13.8 Å². The molecular formula is C12H12FNO3. The molecule has 0 radical (unpaired) electrons. The second-order valence-corrected chi connectivity index (χ2v) is 3.49. The summed E-state index contributed by atoms with van der Waals surface area (Å²) in [4.78, 5) is 22.3. The quantitative estimate of drug-likeness (QED) is 0.792. The van der Waals surface area contributed by atoms with Gasteiger partial charge >= 0.3 is 5.97 Å². The first-order valence-electron chi connectivity index (χ1n) is 4.90. The number of halogens is 1. The lowest BCUT2D eigenvalue weighted by Gasteiger charge is -2.07. The molecule has 2 N–H and O–H groups in total. The Labute approximate surface area is 97.8 Å². The van der Waals surface area contributed by atoms with Crippen LogP contribution in [0.15, 0.2) is 35.4 Å². The summed E-state index contributed by atoms with van der Waals surface area (Å²) < 4.78 is 13.2. The average Bonchev–Trinajstić information content (AvgIpc) is 2.30. The van der Waals surface area contributed by atoms with Gasteiger partial charge in [-0.3, -0.25) is 4.79 Å². The zero-order chi connectivity index (χ0) is 13.0. The molecule has 0 aliphatic carbocycles. The van der Waals surface area contributed by atoms with Crippen molar-refractivity contribution >= 4 is 17.6 Å². The molecule has 0 saturated heterocycles. The lowest BCUT2D eigenvalue weighted by Crippen LogP contribution is -2.16. The minimum absolute atomic E-state index is 0.0232. The fourth-order valence-electron chi connectivity index (χ4n) is 1.11. The van der Waals surface area contributed by atoms with E-state index in [0.717, 1.165) is 0 Å². The van der Waals surface area contributed by atoms with E-state index in [-0.39, 0.29) is 16.8 Å². The maximum Gasteiger partial charge on any atom is 0.331 e. The number of carboxylic acid groups (broad SMARTS) is 1. The second-order valence-electron chi connectivity index (χ2n) is 3.49. The highest BCUT2D eigenvalue weighted by atomic mass is 19.1. The first kappa shape index (κ1) is 12.9. The summed E-state index contributed by atoms with van der Waals surface area (Å²) in [6.07, 6.45) is 0. The number of nitrogens with one attached hydrogen (secondary N) is 1. The number of hydrogen-bond acceptors (Lipinski definition) is 2. The van der Waals surface area contributed by atoms with Crippen molar-refractivity contribution in [2.75, 3.05) is 5.32 Å². The van der Waals surface area contributed by atoms with Crippen LogP contribution in [0.5, 0.6) is 0 Å². The number of amides is 1. The van der Waals surface area contributed by atoms with Crippen LogP contribution in [0, 0.1) is 5.82 Å². The highest BCUT2D eigenvalue weighted by Gasteiger charge is 2.13. The Kier molecular flexibility index (Phi) is 3.98. The molecule has 90 valence electrons. The van der Waals surface area contributed by atoms with Crippen molar-refractivity contribution in [1.29, 1.82) is 0 Å². The van der Waals surface area contributed by atoms with E-state index in [4.69, 9.17) is 5.11 Å². The summed E-state index contributed by atoms with van der Waals surface area (Å²) in [5.74, 6) is -2.37. The molecule has 17 heavy (non-hydrogen) atoms. The lowest BCUT2D eigenvalue weighted by atomic mass is 10.1. The van der Waals surface area contributed by atoms with Crippen LogP contribution in [-0.4, -0.2) is 17.0 Å².